The summed E-state index contributed by atoms with van der Waals surface area (Å²) in [7, 11) is 1.98. The predicted molar refractivity (Wildman–Crippen MR) is 97.1 cm³/mol. The minimum absolute atomic E-state index is 0.477. The summed E-state index contributed by atoms with van der Waals surface area (Å²) in [5, 5.41) is 14.3. The Morgan fingerprint density at radius 1 is 1.15 bits per heavy atom. The zero-order chi connectivity index (χ0) is 17.9. The van der Waals surface area contributed by atoms with Crippen molar-refractivity contribution in [3.05, 3.63) is 53.3 Å². The van der Waals surface area contributed by atoms with Crippen LogP contribution >= 0.6 is 11.3 Å². The van der Waals surface area contributed by atoms with Crippen LogP contribution in [0.25, 0.3) is 22.4 Å². The first-order chi connectivity index (χ1) is 12.7. The van der Waals surface area contributed by atoms with Crippen LogP contribution in [0.15, 0.2) is 40.4 Å². The molecule has 4 heterocycles. The van der Waals surface area contributed by atoms with Gasteiger partial charge in [0, 0.05) is 37.1 Å². The second-order valence-electron chi connectivity index (χ2n) is 5.74. The molecule has 132 valence electrons. The third-order valence-corrected chi connectivity index (χ3v) is 4.84. The summed E-state index contributed by atoms with van der Waals surface area (Å²) in [6.45, 7) is 3.11. The fourth-order valence-corrected chi connectivity index (χ4v) is 3.22. The highest BCUT2D eigenvalue weighted by molar-refractivity contribution is 7.13. The molecule has 0 unspecified atom stereocenters. The summed E-state index contributed by atoms with van der Waals surface area (Å²) in [6, 6.07) is 5.78. The zero-order valence-electron chi connectivity index (χ0n) is 14.4. The maximum atomic E-state index is 5.73. The highest BCUT2D eigenvalue weighted by Gasteiger charge is 2.12. The van der Waals surface area contributed by atoms with Gasteiger partial charge in [0.15, 0.2) is 10.8 Å². The van der Waals surface area contributed by atoms with Crippen LogP contribution in [0.5, 0.6) is 0 Å². The number of hydrogen-bond acceptors (Lipinski definition) is 8. The highest BCUT2D eigenvalue weighted by atomic mass is 32.1. The molecule has 0 saturated carbocycles. The molecule has 0 aliphatic carbocycles. The van der Waals surface area contributed by atoms with Crippen molar-refractivity contribution < 1.29 is 4.42 Å². The number of nitrogens with one attached hydrogen (secondary N) is 1. The fourth-order valence-electron chi connectivity index (χ4n) is 2.45. The van der Waals surface area contributed by atoms with Gasteiger partial charge in [-0.2, -0.15) is 0 Å². The second-order valence-corrected chi connectivity index (χ2v) is 6.60. The molecule has 0 atom stereocenters. The van der Waals surface area contributed by atoms with Gasteiger partial charge < -0.3 is 14.3 Å². The second kappa shape index (κ2) is 7.14. The van der Waals surface area contributed by atoms with E-state index in [2.05, 4.69) is 30.5 Å². The number of aromatic nitrogens is 6. The molecule has 4 aromatic heterocycles. The van der Waals surface area contributed by atoms with Crippen molar-refractivity contribution in [2.24, 2.45) is 7.05 Å². The van der Waals surface area contributed by atoms with Crippen LogP contribution in [0.1, 0.15) is 17.3 Å². The molecular formula is C17H17N7OS. The van der Waals surface area contributed by atoms with Crippen molar-refractivity contribution in [1.82, 2.24) is 35.0 Å². The van der Waals surface area contributed by atoms with Crippen molar-refractivity contribution in [3.63, 3.8) is 0 Å². The molecule has 0 bridgehead atoms. The molecule has 9 heteroatoms. The summed E-state index contributed by atoms with van der Waals surface area (Å²) in [4.78, 5) is 13.0. The minimum Gasteiger partial charge on any atom is -0.418 e. The van der Waals surface area contributed by atoms with E-state index >= 15 is 0 Å². The normalized spacial score (nSPS) is 11.2. The molecule has 0 saturated heterocycles. The number of hydrogen-bond donors (Lipinski definition) is 1. The van der Waals surface area contributed by atoms with Crippen molar-refractivity contribution in [2.45, 2.75) is 20.0 Å². The lowest BCUT2D eigenvalue weighted by Gasteiger charge is -2.00. The number of rotatable bonds is 6. The average Bonchev–Trinajstić information content (AvgIpc) is 3.38. The van der Waals surface area contributed by atoms with E-state index < -0.39 is 0 Å². The van der Waals surface area contributed by atoms with Crippen molar-refractivity contribution in [1.29, 1.82) is 0 Å². The lowest BCUT2D eigenvalue weighted by Crippen LogP contribution is -2.13. The van der Waals surface area contributed by atoms with Crippen LogP contribution in [-0.4, -0.2) is 29.7 Å². The zero-order valence-corrected chi connectivity index (χ0v) is 15.2. The summed E-state index contributed by atoms with van der Waals surface area (Å²) in [5.74, 6) is 1.71. The summed E-state index contributed by atoms with van der Waals surface area (Å²) < 4.78 is 7.75. The average molecular weight is 367 g/mol. The smallest absolute Gasteiger partial charge is 0.264 e. The van der Waals surface area contributed by atoms with Gasteiger partial charge >= 0.3 is 0 Å². The van der Waals surface area contributed by atoms with Gasteiger partial charge in [0.2, 0.25) is 5.89 Å². The SMILES string of the molecule is Cc1ccc(-c2nnc(CNCc3csc(-c4ncccn4)n3)o2)n1C. The Kier molecular flexibility index (Phi) is 4.55. The van der Waals surface area contributed by atoms with Gasteiger partial charge in [-0.25, -0.2) is 15.0 Å². The van der Waals surface area contributed by atoms with Gasteiger partial charge in [0.1, 0.15) is 5.69 Å². The van der Waals surface area contributed by atoms with E-state index in [1.165, 1.54) is 11.3 Å². The molecule has 4 rings (SSSR count). The Balaban J connectivity index is 1.36. The van der Waals surface area contributed by atoms with Gasteiger partial charge in [-0.05, 0) is 25.1 Å². The molecule has 0 amide bonds. The molecule has 8 nitrogen and oxygen atoms in total. The number of nitrogens with zero attached hydrogens (tertiary/aromatic N) is 6. The molecule has 0 aliphatic heterocycles. The monoisotopic (exact) mass is 367 g/mol. The third-order valence-electron chi connectivity index (χ3n) is 3.95. The van der Waals surface area contributed by atoms with Gasteiger partial charge in [-0.3, -0.25) is 0 Å². The third kappa shape index (κ3) is 3.39. The van der Waals surface area contributed by atoms with Gasteiger partial charge in [0.05, 0.1) is 12.2 Å². The Hall–Kier alpha value is -2.91. The Bertz CT molecular complexity index is 1010. The van der Waals surface area contributed by atoms with E-state index in [0.29, 0.717) is 30.7 Å². The molecule has 0 radical (unpaired) electrons. The first kappa shape index (κ1) is 16.6. The fraction of sp³-hybridized carbons (Fsp3) is 0.235. The minimum atomic E-state index is 0.477. The van der Waals surface area contributed by atoms with Gasteiger partial charge in [-0.15, -0.1) is 21.5 Å². The number of thiazole rings is 1. The molecule has 0 aromatic carbocycles. The lowest BCUT2D eigenvalue weighted by atomic mass is 10.4. The van der Waals surface area contributed by atoms with Gasteiger partial charge in [0.25, 0.3) is 5.89 Å². The van der Waals surface area contributed by atoms with Crippen LogP contribution in [0.2, 0.25) is 0 Å². The maximum Gasteiger partial charge on any atom is 0.264 e. The standard InChI is InChI=1S/C17H17N7OS/c1-11-4-5-13(24(11)2)16-23-22-14(25-16)9-18-8-12-10-26-17(21-12)15-19-6-3-7-20-15/h3-7,10,18H,8-9H2,1-2H3. The lowest BCUT2D eigenvalue weighted by molar-refractivity contribution is 0.474. The molecular weight excluding hydrogens is 350 g/mol. The largest absolute Gasteiger partial charge is 0.418 e. The van der Waals surface area contributed by atoms with E-state index in [-0.39, 0.29) is 0 Å². The number of aryl methyl sites for hydroxylation is 1. The Morgan fingerprint density at radius 2 is 2.00 bits per heavy atom. The summed E-state index contributed by atoms with van der Waals surface area (Å²) in [5.41, 5.74) is 2.98. The molecule has 0 spiro atoms. The van der Waals surface area contributed by atoms with Crippen LogP contribution < -0.4 is 5.32 Å². The van der Waals surface area contributed by atoms with E-state index in [9.17, 15) is 0 Å². The van der Waals surface area contributed by atoms with Crippen molar-refractivity contribution in [3.8, 4) is 22.4 Å². The van der Waals surface area contributed by atoms with E-state index in [1.54, 1.807) is 18.5 Å². The quantitative estimate of drug-likeness (QED) is 0.560. The molecule has 0 aliphatic rings. The van der Waals surface area contributed by atoms with Crippen LogP contribution in [0.4, 0.5) is 0 Å². The van der Waals surface area contributed by atoms with Crippen LogP contribution in [0, 0.1) is 6.92 Å². The van der Waals surface area contributed by atoms with Crippen LogP contribution in [0.3, 0.4) is 0 Å². The Labute approximate surface area is 154 Å². The van der Waals surface area contributed by atoms with E-state index in [0.717, 1.165) is 22.1 Å². The molecule has 0 fully saturated rings. The molecule has 4 aromatic rings. The Morgan fingerprint density at radius 3 is 2.77 bits per heavy atom. The van der Waals surface area contributed by atoms with Crippen molar-refractivity contribution >= 4 is 11.3 Å². The predicted octanol–water partition coefficient (Wildman–Crippen LogP) is 2.59. The first-order valence-electron chi connectivity index (χ1n) is 8.08. The van der Waals surface area contributed by atoms with Gasteiger partial charge in [-0.1, -0.05) is 0 Å². The van der Waals surface area contributed by atoms with Crippen molar-refractivity contribution in [2.75, 3.05) is 0 Å². The topological polar surface area (TPSA) is 94.6 Å². The maximum absolute atomic E-state index is 5.73. The van der Waals surface area contributed by atoms with Crippen LogP contribution in [-0.2, 0) is 20.1 Å². The summed E-state index contributed by atoms with van der Waals surface area (Å²) >= 11 is 1.52. The van der Waals surface area contributed by atoms with E-state index in [1.807, 2.05) is 36.1 Å². The molecule has 1 N–H and O–H groups in total. The molecule has 26 heavy (non-hydrogen) atoms. The van der Waals surface area contributed by atoms with E-state index in [4.69, 9.17) is 4.42 Å². The first-order valence-corrected chi connectivity index (χ1v) is 8.96. The highest BCUT2D eigenvalue weighted by Crippen LogP contribution is 2.21. The summed E-state index contributed by atoms with van der Waals surface area (Å²) in [6.07, 6.45) is 3.42.